The van der Waals surface area contributed by atoms with E-state index in [4.69, 9.17) is 23.2 Å². The van der Waals surface area contributed by atoms with E-state index in [9.17, 15) is 0 Å². The summed E-state index contributed by atoms with van der Waals surface area (Å²) < 4.78 is 0. The van der Waals surface area contributed by atoms with E-state index in [0.29, 0.717) is 0 Å². The number of hydrogen-bond acceptors (Lipinski definition) is 0. The van der Waals surface area contributed by atoms with Crippen molar-refractivity contribution in [2.45, 2.75) is 24.6 Å². The first-order valence-corrected chi connectivity index (χ1v) is 3.62. The third-order valence-electron chi connectivity index (χ3n) is 1.30. The summed E-state index contributed by atoms with van der Waals surface area (Å²) in [6.07, 6.45) is 5.33. The Balaban J connectivity index is 2.53. The Morgan fingerprint density at radius 2 is 2.38 bits per heavy atom. The highest BCUT2D eigenvalue weighted by Gasteiger charge is 2.11. The molecule has 1 unspecified atom stereocenters. The molecule has 0 radical (unpaired) electrons. The maximum absolute atomic E-state index is 5.77. The predicted octanol–water partition coefficient (Wildman–Crippen LogP) is 2.90. The maximum Gasteiger partial charge on any atom is 0.0689 e. The third kappa shape index (κ3) is 1.40. The minimum Gasteiger partial charge on any atom is -0.117 e. The Hall–Kier alpha value is 0.320. The lowest BCUT2D eigenvalue weighted by Crippen LogP contribution is -2.02. The second-order valence-electron chi connectivity index (χ2n) is 1.99. The van der Waals surface area contributed by atoms with Gasteiger partial charge < -0.3 is 0 Å². The van der Waals surface area contributed by atoms with Crippen molar-refractivity contribution in [1.82, 2.24) is 0 Å². The number of halogens is 2. The summed E-state index contributed by atoms with van der Waals surface area (Å²) in [7, 11) is 0. The Morgan fingerprint density at radius 1 is 1.62 bits per heavy atom. The van der Waals surface area contributed by atoms with Gasteiger partial charge in [-0.25, -0.2) is 0 Å². The molecular weight excluding hydrogens is 143 g/mol. The molecule has 46 valence electrons. The molecule has 0 saturated heterocycles. The molecule has 0 aliphatic heterocycles. The summed E-state index contributed by atoms with van der Waals surface area (Å²) in [5, 5.41) is 0.934. The van der Waals surface area contributed by atoms with Gasteiger partial charge in [-0.15, -0.1) is 11.6 Å². The van der Waals surface area contributed by atoms with Gasteiger partial charge in [-0.3, -0.25) is 0 Å². The number of alkyl halides is 1. The lowest BCUT2D eigenvalue weighted by Gasteiger charge is -2.11. The molecule has 1 atom stereocenters. The lowest BCUT2D eigenvalue weighted by atomic mass is 10.1. The van der Waals surface area contributed by atoms with Crippen LogP contribution in [0.25, 0.3) is 0 Å². The molecule has 0 aromatic carbocycles. The first-order chi connectivity index (χ1) is 3.80. The lowest BCUT2D eigenvalue weighted by molar-refractivity contribution is 0.727. The fourth-order valence-corrected chi connectivity index (χ4v) is 1.26. The highest BCUT2D eigenvalue weighted by atomic mass is 35.5. The van der Waals surface area contributed by atoms with Crippen molar-refractivity contribution in [2.75, 3.05) is 0 Å². The van der Waals surface area contributed by atoms with Gasteiger partial charge in [-0.05, 0) is 19.3 Å². The molecule has 0 aromatic rings. The van der Waals surface area contributed by atoms with Crippen LogP contribution in [0.4, 0.5) is 0 Å². The molecule has 0 aromatic heterocycles. The fraction of sp³-hybridized carbons (Fsp3) is 0.667. The number of allylic oxidation sites excluding steroid dienone is 2. The number of rotatable bonds is 0. The molecule has 2 heteroatoms. The van der Waals surface area contributed by atoms with Gasteiger partial charge in [0.25, 0.3) is 0 Å². The third-order valence-corrected chi connectivity index (χ3v) is 2.28. The smallest absolute Gasteiger partial charge is 0.0689 e. The Bertz CT molecular complexity index is 107. The van der Waals surface area contributed by atoms with E-state index in [1.165, 1.54) is 6.42 Å². The van der Waals surface area contributed by atoms with Crippen molar-refractivity contribution in [2.24, 2.45) is 0 Å². The molecule has 0 bridgehead atoms. The highest BCUT2D eigenvalue weighted by Crippen LogP contribution is 2.25. The largest absolute Gasteiger partial charge is 0.117 e. The molecule has 8 heavy (non-hydrogen) atoms. The van der Waals surface area contributed by atoms with Crippen LogP contribution in [0.2, 0.25) is 0 Å². The van der Waals surface area contributed by atoms with Crippen molar-refractivity contribution in [3.8, 4) is 0 Å². The second-order valence-corrected chi connectivity index (χ2v) is 2.95. The number of hydrogen-bond donors (Lipinski definition) is 0. The summed E-state index contributed by atoms with van der Waals surface area (Å²) >= 11 is 11.5. The average Bonchev–Trinajstić information content (AvgIpc) is 1.77. The molecule has 0 saturated carbocycles. The van der Waals surface area contributed by atoms with E-state index >= 15 is 0 Å². The molecule has 0 spiro atoms. The van der Waals surface area contributed by atoms with E-state index in [0.717, 1.165) is 17.9 Å². The van der Waals surface area contributed by atoms with Crippen molar-refractivity contribution < 1.29 is 0 Å². The summed E-state index contributed by atoms with van der Waals surface area (Å²) in [4.78, 5) is 0. The van der Waals surface area contributed by atoms with Crippen LogP contribution in [-0.2, 0) is 0 Å². The molecule has 0 heterocycles. The topological polar surface area (TPSA) is 0 Å². The zero-order valence-corrected chi connectivity index (χ0v) is 6.04. The summed E-state index contributed by atoms with van der Waals surface area (Å²) in [5.41, 5.74) is 0. The van der Waals surface area contributed by atoms with Crippen LogP contribution >= 0.6 is 23.2 Å². The van der Waals surface area contributed by atoms with Gasteiger partial charge >= 0.3 is 0 Å². The highest BCUT2D eigenvalue weighted by molar-refractivity contribution is 6.37. The van der Waals surface area contributed by atoms with Crippen molar-refractivity contribution in [1.29, 1.82) is 0 Å². The van der Waals surface area contributed by atoms with Crippen LogP contribution < -0.4 is 0 Å². The van der Waals surface area contributed by atoms with Crippen molar-refractivity contribution in [3.63, 3.8) is 0 Å². The van der Waals surface area contributed by atoms with Crippen LogP contribution in [0, 0.1) is 0 Å². The van der Waals surface area contributed by atoms with Crippen LogP contribution in [0.1, 0.15) is 19.3 Å². The molecule has 1 rings (SSSR count). The maximum atomic E-state index is 5.77. The van der Waals surface area contributed by atoms with Crippen LogP contribution in [0.15, 0.2) is 11.1 Å². The molecule has 0 nitrogen and oxygen atoms in total. The van der Waals surface area contributed by atoms with Gasteiger partial charge in [0.05, 0.1) is 5.38 Å². The molecule has 0 N–H and O–H groups in total. The van der Waals surface area contributed by atoms with Crippen LogP contribution in [-0.4, -0.2) is 5.38 Å². The summed E-state index contributed by atoms with van der Waals surface area (Å²) in [6, 6.07) is 0. The van der Waals surface area contributed by atoms with E-state index in [2.05, 4.69) is 0 Å². The van der Waals surface area contributed by atoms with Gasteiger partial charge in [-0.2, -0.15) is 0 Å². The standard InChI is InChI=1S/C6H8Cl2/c7-5-3-1-2-4-6(5)8/h3,6H,1-2,4H2. The molecular formula is C6H8Cl2. The first kappa shape index (κ1) is 6.44. The van der Waals surface area contributed by atoms with E-state index in [1.807, 2.05) is 6.08 Å². The normalized spacial score (nSPS) is 29.8. The molecule has 0 amide bonds. The minimum absolute atomic E-state index is 0.102. The van der Waals surface area contributed by atoms with Crippen molar-refractivity contribution >= 4 is 23.2 Å². The SMILES string of the molecule is ClC1=CCCCC1Cl. The summed E-state index contributed by atoms with van der Waals surface area (Å²) in [6.45, 7) is 0. The summed E-state index contributed by atoms with van der Waals surface area (Å²) in [5.74, 6) is 0. The molecule has 0 fully saturated rings. The Morgan fingerprint density at radius 3 is 2.75 bits per heavy atom. The van der Waals surface area contributed by atoms with Crippen LogP contribution in [0.3, 0.4) is 0 Å². The zero-order chi connectivity index (χ0) is 5.98. The average molecular weight is 151 g/mol. The quantitative estimate of drug-likeness (QED) is 0.467. The van der Waals surface area contributed by atoms with E-state index < -0.39 is 0 Å². The molecule has 1 aliphatic carbocycles. The first-order valence-electron chi connectivity index (χ1n) is 2.80. The fourth-order valence-electron chi connectivity index (χ4n) is 0.803. The second kappa shape index (κ2) is 2.75. The van der Waals surface area contributed by atoms with Crippen molar-refractivity contribution in [3.05, 3.63) is 11.1 Å². The Labute approximate surface area is 59.5 Å². The molecule has 1 aliphatic rings. The predicted molar refractivity (Wildman–Crippen MR) is 37.4 cm³/mol. The minimum atomic E-state index is 0.102. The zero-order valence-electron chi connectivity index (χ0n) is 4.53. The van der Waals surface area contributed by atoms with Gasteiger partial charge in [0, 0.05) is 5.03 Å². The van der Waals surface area contributed by atoms with E-state index in [1.54, 1.807) is 0 Å². The van der Waals surface area contributed by atoms with Crippen LogP contribution in [0.5, 0.6) is 0 Å². The Kier molecular flexibility index (Phi) is 2.21. The van der Waals surface area contributed by atoms with Gasteiger partial charge in [0.2, 0.25) is 0 Å². The van der Waals surface area contributed by atoms with Gasteiger partial charge in [0.1, 0.15) is 0 Å². The van der Waals surface area contributed by atoms with E-state index in [-0.39, 0.29) is 5.38 Å². The van der Waals surface area contributed by atoms with Gasteiger partial charge in [0.15, 0.2) is 0 Å². The van der Waals surface area contributed by atoms with Gasteiger partial charge in [-0.1, -0.05) is 17.7 Å². The monoisotopic (exact) mass is 150 g/mol.